The van der Waals surface area contributed by atoms with E-state index in [0.717, 1.165) is 12.8 Å². The standard InChI is InChI=1S/C15H26N2/c1-6-11(3)15(17-16)9-14-12(4)7-10(2)8-13(14)5/h7-8,11,15,17H,6,9,16H2,1-5H3. The second kappa shape index (κ2) is 6.18. The van der Waals surface area contributed by atoms with E-state index < -0.39 is 0 Å². The van der Waals surface area contributed by atoms with E-state index in [0.29, 0.717) is 12.0 Å². The number of hydrazine groups is 1. The summed E-state index contributed by atoms with van der Waals surface area (Å²) in [6.07, 6.45) is 2.17. The largest absolute Gasteiger partial charge is 0.271 e. The van der Waals surface area contributed by atoms with E-state index in [1.807, 2.05) is 0 Å². The second-order valence-corrected chi connectivity index (χ2v) is 5.24. The quantitative estimate of drug-likeness (QED) is 0.607. The molecule has 1 aromatic rings. The zero-order valence-corrected chi connectivity index (χ0v) is 11.8. The van der Waals surface area contributed by atoms with E-state index in [1.54, 1.807) is 0 Å². The molecule has 0 saturated carbocycles. The number of benzene rings is 1. The van der Waals surface area contributed by atoms with Gasteiger partial charge in [-0.15, -0.1) is 0 Å². The van der Waals surface area contributed by atoms with Gasteiger partial charge in [-0.25, -0.2) is 0 Å². The Bertz CT molecular complexity index is 348. The zero-order valence-electron chi connectivity index (χ0n) is 11.8. The third-order valence-electron chi connectivity index (χ3n) is 3.81. The molecular formula is C15H26N2. The van der Waals surface area contributed by atoms with Crippen LogP contribution in [-0.2, 0) is 6.42 Å². The van der Waals surface area contributed by atoms with Gasteiger partial charge in [0.25, 0.3) is 0 Å². The molecule has 0 radical (unpaired) electrons. The molecule has 0 aromatic heterocycles. The summed E-state index contributed by atoms with van der Waals surface area (Å²) in [4.78, 5) is 0. The summed E-state index contributed by atoms with van der Waals surface area (Å²) in [6.45, 7) is 11.0. The smallest absolute Gasteiger partial charge is 0.0276 e. The van der Waals surface area contributed by atoms with Gasteiger partial charge in [-0.3, -0.25) is 11.3 Å². The predicted molar refractivity (Wildman–Crippen MR) is 74.9 cm³/mol. The van der Waals surface area contributed by atoms with Gasteiger partial charge in [0.05, 0.1) is 0 Å². The van der Waals surface area contributed by atoms with Gasteiger partial charge in [0.1, 0.15) is 0 Å². The van der Waals surface area contributed by atoms with Crippen LogP contribution >= 0.6 is 0 Å². The summed E-state index contributed by atoms with van der Waals surface area (Å²) < 4.78 is 0. The Morgan fingerprint density at radius 1 is 1.18 bits per heavy atom. The molecule has 96 valence electrons. The Hall–Kier alpha value is -0.860. The fraction of sp³-hybridized carbons (Fsp3) is 0.600. The first kappa shape index (κ1) is 14.2. The minimum atomic E-state index is 0.361. The van der Waals surface area contributed by atoms with Crippen molar-refractivity contribution in [3.05, 3.63) is 34.4 Å². The first-order valence-electron chi connectivity index (χ1n) is 6.52. The Balaban J connectivity index is 2.93. The van der Waals surface area contributed by atoms with Crippen LogP contribution in [0.1, 0.15) is 42.5 Å². The number of aryl methyl sites for hydroxylation is 3. The fourth-order valence-electron chi connectivity index (χ4n) is 2.46. The highest BCUT2D eigenvalue weighted by Gasteiger charge is 2.16. The van der Waals surface area contributed by atoms with Crippen molar-refractivity contribution >= 4 is 0 Å². The van der Waals surface area contributed by atoms with Crippen molar-refractivity contribution in [2.75, 3.05) is 0 Å². The molecule has 0 fully saturated rings. The Morgan fingerprint density at radius 2 is 1.71 bits per heavy atom. The lowest BCUT2D eigenvalue weighted by molar-refractivity contribution is 0.369. The van der Waals surface area contributed by atoms with Crippen LogP contribution < -0.4 is 11.3 Å². The van der Waals surface area contributed by atoms with Crippen molar-refractivity contribution in [3.63, 3.8) is 0 Å². The van der Waals surface area contributed by atoms with Crippen LogP contribution in [0.5, 0.6) is 0 Å². The highest BCUT2D eigenvalue weighted by molar-refractivity contribution is 5.38. The van der Waals surface area contributed by atoms with Gasteiger partial charge in [-0.2, -0.15) is 0 Å². The molecule has 1 aromatic carbocycles. The first-order chi connectivity index (χ1) is 7.99. The Morgan fingerprint density at radius 3 is 2.12 bits per heavy atom. The monoisotopic (exact) mass is 234 g/mol. The molecule has 0 bridgehead atoms. The maximum absolute atomic E-state index is 5.68. The summed E-state index contributed by atoms with van der Waals surface area (Å²) in [5.74, 6) is 6.27. The molecule has 3 N–H and O–H groups in total. The summed E-state index contributed by atoms with van der Waals surface area (Å²) in [7, 11) is 0. The Labute approximate surface area is 106 Å². The van der Waals surface area contributed by atoms with Gasteiger partial charge >= 0.3 is 0 Å². The third-order valence-corrected chi connectivity index (χ3v) is 3.81. The van der Waals surface area contributed by atoms with Gasteiger partial charge in [0.2, 0.25) is 0 Å². The van der Waals surface area contributed by atoms with Crippen molar-refractivity contribution in [2.24, 2.45) is 11.8 Å². The molecule has 0 amide bonds. The van der Waals surface area contributed by atoms with Crippen molar-refractivity contribution in [1.29, 1.82) is 0 Å². The number of nitrogens with two attached hydrogens (primary N) is 1. The van der Waals surface area contributed by atoms with E-state index in [9.17, 15) is 0 Å². The van der Waals surface area contributed by atoms with Crippen molar-refractivity contribution in [2.45, 2.75) is 53.5 Å². The summed E-state index contributed by atoms with van der Waals surface area (Å²) in [5.41, 5.74) is 8.51. The summed E-state index contributed by atoms with van der Waals surface area (Å²) in [5, 5.41) is 0. The van der Waals surface area contributed by atoms with Crippen LogP contribution in [0.15, 0.2) is 12.1 Å². The molecule has 0 heterocycles. The highest BCUT2D eigenvalue weighted by atomic mass is 15.2. The van der Waals surface area contributed by atoms with Crippen LogP contribution in [-0.4, -0.2) is 6.04 Å². The molecule has 2 heteroatoms. The van der Waals surface area contributed by atoms with Gasteiger partial charge in [0, 0.05) is 6.04 Å². The van der Waals surface area contributed by atoms with E-state index in [2.05, 4.69) is 52.2 Å². The van der Waals surface area contributed by atoms with Crippen molar-refractivity contribution in [3.8, 4) is 0 Å². The van der Waals surface area contributed by atoms with E-state index in [-0.39, 0.29) is 0 Å². The molecule has 2 nitrogen and oxygen atoms in total. The molecule has 17 heavy (non-hydrogen) atoms. The number of hydrogen-bond acceptors (Lipinski definition) is 2. The average molecular weight is 234 g/mol. The predicted octanol–water partition coefficient (Wildman–Crippen LogP) is 3.03. The molecule has 0 aliphatic carbocycles. The van der Waals surface area contributed by atoms with Crippen LogP contribution in [0.25, 0.3) is 0 Å². The highest BCUT2D eigenvalue weighted by Crippen LogP contribution is 2.20. The maximum Gasteiger partial charge on any atom is 0.0276 e. The third kappa shape index (κ3) is 3.55. The van der Waals surface area contributed by atoms with E-state index >= 15 is 0 Å². The topological polar surface area (TPSA) is 38.0 Å². The second-order valence-electron chi connectivity index (χ2n) is 5.24. The first-order valence-corrected chi connectivity index (χ1v) is 6.52. The molecule has 2 atom stereocenters. The average Bonchev–Trinajstić information content (AvgIpc) is 2.27. The number of nitrogens with one attached hydrogen (secondary N) is 1. The van der Waals surface area contributed by atoms with Gasteiger partial charge < -0.3 is 0 Å². The van der Waals surface area contributed by atoms with Crippen LogP contribution in [0, 0.1) is 26.7 Å². The van der Waals surface area contributed by atoms with Gasteiger partial charge in [-0.1, -0.05) is 38.0 Å². The molecule has 0 saturated heterocycles. The van der Waals surface area contributed by atoms with Gasteiger partial charge in [0.15, 0.2) is 0 Å². The van der Waals surface area contributed by atoms with Crippen molar-refractivity contribution in [1.82, 2.24) is 5.43 Å². The zero-order chi connectivity index (χ0) is 13.0. The van der Waals surface area contributed by atoms with Crippen LogP contribution in [0.4, 0.5) is 0 Å². The lowest BCUT2D eigenvalue weighted by atomic mass is 9.89. The van der Waals surface area contributed by atoms with Crippen LogP contribution in [0.3, 0.4) is 0 Å². The molecule has 0 aliphatic heterocycles. The maximum atomic E-state index is 5.68. The molecule has 0 spiro atoms. The molecule has 1 rings (SSSR count). The lowest BCUT2D eigenvalue weighted by Crippen LogP contribution is -2.41. The number of rotatable bonds is 5. The summed E-state index contributed by atoms with van der Waals surface area (Å²) >= 11 is 0. The number of hydrogen-bond donors (Lipinski definition) is 2. The minimum Gasteiger partial charge on any atom is -0.271 e. The Kier molecular flexibility index (Phi) is 5.16. The normalized spacial score (nSPS) is 14.7. The molecule has 2 unspecified atom stereocenters. The van der Waals surface area contributed by atoms with E-state index in [1.165, 1.54) is 22.3 Å². The lowest BCUT2D eigenvalue weighted by Gasteiger charge is -2.24. The van der Waals surface area contributed by atoms with Gasteiger partial charge in [-0.05, 0) is 49.8 Å². The molecular weight excluding hydrogens is 208 g/mol. The minimum absolute atomic E-state index is 0.361. The molecule has 0 aliphatic rings. The fourth-order valence-corrected chi connectivity index (χ4v) is 2.46. The summed E-state index contributed by atoms with van der Waals surface area (Å²) in [6, 6.07) is 4.87. The van der Waals surface area contributed by atoms with Crippen molar-refractivity contribution < 1.29 is 0 Å². The van der Waals surface area contributed by atoms with E-state index in [4.69, 9.17) is 5.84 Å². The SMILES string of the molecule is CCC(C)C(Cc1c(C)cc(C)cc1C)NN. The van der Waals surface area contributed by atoms with Crippen LogP contribution in [0.2, 0.25) is 0 Å².